The van der Waals surface area contributed by atoms with Crippen molar-refractivity contribution in [1.82, 2.24) is 20.9 Å². The van der Waals surface area contributed by atoms with E-state index < -0.39 is 24.4 Å². The lowest BCUT2D eigenvalue weighted by molar-refractivity contribution is -0.147. The van der Waals surface area contributed by atoms with E-state index in [2.05, 4.69) is 22.0 Å². The lowest BCUT2D eigenvalue weighted by Crippen LogP contribution is -2.62. The standard InChI is InChI=1S/C30H40FN5O4/c1-19(2)27(34-28(37)20(3)32-4)29(38)36-17-16-35(23-14-12-22(31)13-15-23)18-26(36)40-30(39)33-25-11-7-9-21-8-5-6-10-24(21)25/h5-6,8,10,12-15,19-20,25-27,32H,7,9,11,16-18H2,1-4H3,(H,33,39)(H,34,37)/t20-,25?,26-,27-/m0/s1. The van der Waals surface area contributed by atoms with Crippen LogP contribution in [0.15, 0.2) is 48.5 Å². The average Bonchev–Trinajstić information content (AvgIpc) is 2.95. The Morgan fingerprint density at radius 3 is 2.45 bits per heavy atom. The zero-order valence-electron chi connectivity index (χ0n) is 23.7. The number of carbonyl (C=O) groups is 3. The van der Waals surface area contributed by atoms with E-state index in [1.54, 1.807) is 26.1 Å². The maximum atomic E-state index is 13.8. The van der Waals surface area contributed by atoms with E-state index in [1.807, 2.05) is 36.9 Å². The molecule has 4 atom stereocenters. The van der Waals surface area contributed by atoms with Crippen molar-refractivity contribution in [2.45, 2.75) is 64.4 Å². The molecule has 2 aromatic rings. The van der Waals surface area contributed by atoms with E-state index in [0.717, 1.165) is 30.5 Å². The number of hydrogen-bond donors (Lipinski definition) is 3. The van der Waals surface area contributed by atoms with Crippen LogP contribution >= 0.6 is 0 Å². The van der Waals surface area contributed by atoms with E-state index in [9.17, 15) is 18.8 Å². The summed E-state index contributed by atoms with van der Waals surface area (Å²) in [6.07, 6.45) is 1.20. The van der Waals surface area contributed by atoms with Gasteiger partial charge in [0.1, 0.15) is 11.9 Å². The number of alkyl carbamates (subject to hydrolysis) is 1. The molecule has 0 radical (unpaired) electrons. The van der Waals surface area contributed by atoms with Crippen LogP contribution in [0.3, 0.4) is 0 Å². The first-order chi connectivity index (χ1) is 19.2. The average molecular weight is 554 g/mol. The Morgan fingerprint density at radius 2 is 1.75 bits per heavy atom. The van der Waals surface area contributed by atoms with E-state index in [-0.39, 0.29) is 42.7 Å². The summed E-state index contributed by atoms with van der Waals surface area (Å²) in [5.74, 6) is -1.13. The van der Waals surface area contributed by atoms with Gasteiger partial charge in [0, 0.05) is 18.8 Å². The zero-order valence-corrected chi connectivity index (χ0v) is 23.7. The van der Waals surface area contributed by atoms with Crippen LogP contribution < -0.4 is 20.9 Å². The van der Waals surface area contributed by atoms with Crippen LogP contribution in [-0.2, 0) is 20.7 Å². The number of ether oxygens (including phenoxy) is 1. The van der Waals surface area contributed by atoms with Gasteiger partial charge in [-0.05, 0) is 74.5 Å². The van der Waals surface area contributed by atoms with Crippen molar-refractivity contribution in [1.29, 1.82) is 0 Å². The highest BCUT2D eigenvalue weighted by atomic mass is 19.1. The van der Waals surface area contributed by atoms with Gasteiger partial charge in [0.05, 0.1) is 18.6 Å². The van der Waals surface area contributed by atoms with Crippen LogP contribution in [0.5, 0.6) is 0 Å². The molecule has 0 bridgehead atoms. The Balaban J connectivity index is 1.53. The van der Waals surface area contributed by atoms with Gasteiger partial charge in [-0.1, -0.05) is 38.1 Å². The molecule has 0 saturated carbocycles. The van der Waals surface area contributed by atoms with Crippen LogP contribution in [0.1, 0.15) is 50.8 Å². The summed E-state index contributed by atoms with van der Waals surface area (Å²) in [6.45, 7) is 6.38. The second-order valence-corrected chi connectivity index (χ2v) is 10.8. The number of aryl methyl sites for hydroxylation is 1. The summed E-state index contributed by atoms with van der Waals surface area (Å²) >= 11 is 0. The van der Waals surface area contributed by atoms with Gasteiger partial charge in [0.2, 0.25) is 11.8 Å². The molecular formula is C30H40FN5O4. The van der Waals surface area contributed by atoms with Gasteiger partial charge >= 0.3 is 6.09 Å². The van der Waals surface area contributed by atoms with Crippen molar-refractivity contribution in [2.24, 2.45) is 5.92 Å². The quantitative estimate of drug-likeness (QED) is 0.464. The molecule has 1 aliphatic carbocycles. The van der Waals surface area contributed by atoms with Crippen molar-refractivity contribution >= 4 is 23.6 Å². The van der Waals surface area contributed by atoms with Crippen LogP contribution in [0, 0.1) is 11.7 Å². The van der Waals surface area contributed by atoms with Gasteiger partial charge in [-0.15, -0.1) is 0 Å². The van der Waals surface area contributed by atoms with Gasteiger partial charge < -0.3 is 30.5 Å². The first-order valence-corrected chi connectivity index (χ1v) is 14.0. The highest BCUT2D eigenvalue weighted by Gasteiger charge is 2.39. The number of nitrogens with zero attached hydrogens (tertiary/aromatic N) is 2. The van der Waals surface area contributed by atoms with Gasteiger partial charge in [0.25, 0.3) is 0 Å². The Kier molecular flexibility index (Phi) is 9.63. The summed E-state index contributed by atoms with van der Waals surface area (Å²) in [5, 5.41) is 8.75. The van der Waals surface area contributed by atoms with E-state index in [1.165, 1.54) is 22.6 Å². The predicted octanol–water partition coefficient (Wildman–Crippen LogP) is 3.35. The van der Waals surface area contributed by atoms with Crippen molar-refractivity contribution in [3.63, 3.8) is 0 Å². The number of likely N-dealkylation sites (N-methyl/N-ethyl adjacent to an activating group) is 1. The number of anilines is 1. The molecule has 2 aromatic carbocycles. The van der Waals surface area contributed by atoms with Gasteiger partial charge in [-0.25, -0.2) is 9.18 Å². The molecule has 0 aromatic heterocycles. The normalized spacial score (nSPS) is 20.4. The zero-order chi connectivity index (χ0) is 28.8. The van der Waals surface area contributed by atoms with Crippen LogP contribution in [0.25, 0.3) is 0 Å². The van der Waals surface area contributed by atoms with Crippen molar-refractivity contribution in [3.05, 3.63) is 65.5 Å². The molecular weight excluding hydrogens is 513 g/mol. The Bertz CT molecular complexity index is 1190. The minimum absolute atomic E-state index is 0.177. The molecule has 9 nitrogen and oxygen atoms in total. The first-order valence-electron chi connectivity index (χ1n) is 14.0. The molecule has 216 valence electrons. The fraction of sp³-hybridized carbons (Fsp3) is 0.500. The Labute approximate surface area is 235 Å². The summed E-state index contributed by atoms with van der Waals surface area (Å²) in [5.41, 5.74) is 3.05. The van der Waals surface area contributed by atoms with E-state index >= 15 is 0 Å². The van der Waals surface area contributed by atoms with Crippen molar-refractivity contribution < 1.29 is 23.5 Å². The summed E-state index contributed by atoms with van der Waals surface area (Å²) in [4.78, 5) is 43.2. The van der Waals surface area contributed by atoms with Crippen molar-refractivity contribution in [3.8, 4) is 0 Å². The Morgan fingerprint density at radius 1 is 1.02 bits per heavy atom. The minimum atomic E-state index is -0.912. The number of piperazine rings is 1. The third-order valence-corrected chi connectivity index (χ3v) is 7.77. The molecule has 3 amide bonds. The van der Waals surface area contributed by atoms with Crippen LogP contribution in [-0.4, -0.2) is 67.8 Å². The molecule has 1 saturated heterocycles. The Hall–Kier alpha value is -3.66. The number of nitrogens with one attached hydrogen (secondary N) is 3. The molecule has 1 unspecified atom stereocenters. The van der Waals surface area contributed by atoms with Gasteiger partial charge in [-0.3, -0.25) is 9.59 Å². The number of hydrogen-bond acceptors (Lipinski definition) is 6. The molecule has 1 fully saturated rings. The summed E-state index contributed by atoms with van der Waals surface area (Å²) in [6, 6.07) is 12.7. The molecule has 1 heterocycles. The molecule has 3 N–H and O–H groups in total. The monoisotopic (exact) mass is 553 g/mol. The number of benzene rings is 2. The van der Waals surface area contributed by atoms with E-state index in [4.69, 9.17) is 4.74 Å². The van der Waals surface area contributed by atoms with Crippen LogP contribution in [0.2, 0.25) is 0 Å². The lowest BCUT2D eigenvalue weighted by atomic mass is 9.88. The number of fused-ring (bicyclic) bond motifs is 1. The van der Waals surface area contributed by atoms with Gasteiger partial charge in [0.15, 0.2) is 6.23 Å². The number of amides is 3. The van der Waals surface area contributed by atoms with E-state index in [0.29, 0.717) is 6.54 Å². The minimum Gasteiger partial charge on any atom is -0.423 e. The molecule has 4 rings (SSSR count). The lowest BCUT2D eigenvalue weighted by Gasteiger charge is -2.43. The number of rotatable bonds is 8. The molecule has 10 heteroatoms. The fourth-order valence-electron chi connectivity index (χ4n) is 5.30. The largest absolute Gasteiger partial charge is 0.423 e. The fourth-order valence-corrected chi connectivity index (χ4v) is 5.30. The SMILES string of the molecule is CN[C@@H](C)C(=O)N[C@H](C(=O)N1CCN(c2ccc(F)cc2)C[C@@H]1OC(=O)NC1CCCc2ccccc21)C(C)C. The molecule has 0 spiro atoms. The molecule has 1 aliphatic heterocycles. The van der Waals surface area contributed by atoms with Gasteiger partial charge in [-0.2, -0.15) is 0 Å². The number of carbonyl (C=O) groups excluding carboxylic acids is 3. The maximum Gasteiger partial charge on any atom is 0.409 e. The summed E-state index contributed by atoms with van der Waals surface area (Å²) in [7, 11) is 1.68. The third-order valence-electron chi connectivity index (χ3n) is 7.77. The second kappa shape index (κ2) is 13.1. The van der Waals surface area contributed by atoms with Crippen molar-refractivity contribution in [2.75, 3.05) is 31.6 Å². The first kappa shape index (κ1) is 29.3. The summed E-state index contributed by atoms with van der Waals surface area (Å²) < 4.78 is 19.5. The highest BCUT2D eigenvalue weighted by molar-refractivity contribution is 5.90. The van der Waals surface area contributed by atoms with Crippen LogP contribution in [0.4, 0.5) is 14.9 Å². The predicted molar refractivity (Wildman–Crippen MR) is 151 cm³/mol. The molecule has 2 aliphatic rings. The molecule has 40 heavy (non-hydrogen) atoms. The third kappa shape index (κ3) is 6.91. The highest BCUT2D eigenvalue weighted by Crippen LogP contribution is 2.30. The number of halogens is 1. The second-order valence-electron chi connectivity index (χ2n) is 10.8. The smallest absolute Gasteiger partial charge is 0.409 e. The topological polar surface area (TPSA) is 103 Å². The maximum absolute atomic E-state index is 13.8.